The van der Waals surface area contributed by atoms with Crippen molar-refractivity contribution in [2.24, 2.45) is 0 Å². The standard InChI is InChI=1S/C15H28N2O4S/c1-13(21-3)11-22(19,20)16-9-10-17(14(2)18)15(12-16)7-5-4-6-8-15/h13H,4-12H2,1-3H3. The lowest BCUT2D eigenvalue weighted by Crippen LogP contribution is -2.65. The fourth-order valence-electron chi connectivity index (χ4n) is 3.78. The quantitative estimate of drug-likeness (QED) is 0.776. The molecule has 2 fully saturated rings. The Kier molecular flexibility index (Phi) is 5.50. The molecule has 1 aliphatic carbocycles. The third-order valence-electron chi connectivity index (χ3n) is 5.02. The topological polar surface area (TPSA) is 66.9 Å². The first-order valence-corrected chi connectivity index (χ1v) is 9.70. The zero-order chi connectivity index (χ0) is 16.4. The molecule has 6 nitrogen and oxygen atoms in total. The van der Waals surface area contributed by atoms with Gasteiger partial charge in [0, 0.05) is 33.7 Å². The van der Waals surface area contributed by atoms with E-state index in [1.54, 1.807) is 18.2 Å². The molecular weight excluding hydrogens is 304 g/mol. The number of sulfonamides is 1. The van der Waals surface area contributed by atoms with Gasteiger partial charge >= 0.3 is 0 Å². The van der Waals surface area contributed by atoms with Gasteiger partial charge in [0.15, 0.2) is 0 Å². The summed E-state index contributed by atoms with van der Waals surface area (Å²) in [5.41, 5.74) is -0.300. The zero-order valence-corrected chi connectivity index (χ0v) is 14.7. The third-order valence-corrected chi connectivity index (χ3v) is 7.01. The Morgan fingerprint density at radius 2 is 1.86 bits per heavy atom. The fourth-order valence-corrected chi connectivity index (χ4v) is 5.52. The first kappa shape index (κ1) is 17.7. The Morgan fingerprint density at radius 1 is 1.23 bits per heavy atom. The minimum atomic E-state index is -3.35. The number of piperazine rings is 1. The summed E-state index contributed by atoms with van der Waals surface area (Å²) in [5, 5.41) is 0. The number of rotatable bonds is 4. The van der Waals surface area contributed by atoms with Crippen LogP contribution in [0.2, 0.25) is 0 Å². The number of methoxy groups -OCH3 is 1. The predicted octanol–water partition coefficient (Wildman–Crippen LogP) is 1.22. The number of hydrogen-bond donors (Lipinski definition) is 0. The number of carbonyl (C=O) groups excluding carboxylic acids is 1. The normalized spacial score (nSPS) is 24.4. The van der Waals surface area contributed by atoms with Gasteiger partial charge in [-0.15, -0.1) is 0 Å². The van der Waals surface area contributed by atoms with Crippen molar-refractivity contribution in [3.05, 3.63) is 0 Å². The van der Waals surface area contributed by atoms with Crippen LogP contribution in [0.5, 0.6) is 0 Å². The molecule has 7 heteroatoms. The number of nitrogens with zero attached hydrogens (tertiary/aromatic N) is 2. The molecule has 0 aromatic carbocycles. The molecule has 0 bridgehead atoms. The van der Waals surface area contributed by atoms with E-state index in [0.717, 1.165) is 25.7 Å². The molecule has 2 rings (SSSR count). The molecular formula is C15H28N2O4S. The highest BCUT2D eigenvalue weighted by Crippen LogP contribution is 2.37. The van der Waals surface area contributed by atoms with Crippen LogP contribution < -0.4 is 0 Å². The Hall–Kier alpha value is -0.660. The summed E-state index contributed by atoms with van der Waals surface area (Å²) in [6.45, 7) is 4.68. The Labute approximate surface area is 133 Å². The third kappa shape index (κ3) is 3.63. The minimum absolute atomic E-state index is 0.000346. The van der Waals surface area contributed by atoms with Crippen molar-refractivity contribution in [3.8, 4) is 0 Å². The first-order valence-electron chi connectivity index (χ1n) is 8.09. The van der Waals surface area contributed by atoms with E-state index < -0.39 is 10.0 Å². The second kappa shape index (κ2) is 6.84. The highest BCUT2D eigenvalue weighted by atomic mass is 32.2. The maximum Gasteiger partial charge on any atom is 0.219 e. The lowest BCUT2D eigenvalue weighted by atomic mass is 9.79. The van der Waals surface area contributed by atoms with Gasteiger partial charge in [0.05, 0.1) is 17.4 Å². The summed E-state index contributed by atoms with van der Waals surface area (Å²) in [6.07, 6.45) is 4.77. The molecule has 128 valence electrons. The van der Waals surface area contributed by atoms with Gasteiger partial charge in [0.2, 0.25) is 15.9 Å². The van der Waals surface area contributed by atoms with E-state index in [9.17, 15) is 13.2 Å². The first-order chi connectivity index (χ1) is 10.3. The molecule has 22 heavy (non-hydrogen) atoms. The maximum absolute atomic E-state index is 12.6. The summed E-state index contributed by atoms with van der Waals surface area (Å²) < 4.78 is 31.9. The lowest BCUT2D eigenvalue weighted by Gasteiger charge is -2.52. The number of carbonyl (C=O) groups is 1. The summed E-state index contributed by atoms with van der Waals surface area (Å²) in [5.74, 6) is 0.0591. The van der Waals surface area contributed by atoms with Crippen LogP contribution in [0.3, 0.4) is 0 Å². The molecule has 1 heterocycles. The summed E-state index contributed by atoms with van der Waals surface area (Å²) >= 11 is 0. The molecule has 1 unspecified atom stereocenters. The fraction of sp³-hybridized carbons (Fsp3) is 0.933. The highest BCUT2D eigenvalue weighted by molar-refractivity contribution is 7.89. The average Bonchev–Trinajstić information content (AvgIpc) is 2.47. The van der Waals surface area contributed by atoms with E-state index in [-0.39, 0.29) is 23.3 Å². The molecule has 1 atom stereocenters. The van der Waals surface area contributed by atoms with Gasteiger partial charge < -0.3 is 9.64 Å². The molecule has 1 spiro atoms. The molecule has 1 saturated carbocycles. The Balaban J connectivity index is 2.19. The Morgan fingerprint density at radius 3 is 2.41 bits per heavy atom. The van der Waals surface area contributed by atoms with Crippen LogP contribution in [0.1, 0.15) is 46.0 Å². The molecule has 0 radical (unpaired) electrons. The zero-order valence-electron chi connectivity index (χ0n) is 13.9. The SMILES string of the molecule is COC(C)CS(=O)(=O)N1CCN(C(C)=O)C2(CCCCC2)C1. The van der Waals surface area contributed by atoms with Crippen molar-refractivity contribution in [2.45, 2.75) is 57.6 Å². The van der Waals surface area contributed by atoms with Gasteiger partial charge in [-0.25, -0.2) is 8.42 Å². The summed E-state index contributed by atoms with van der Waals surface area (Å²) in [6, 6.07) is 0. The van der Waals surface area contributed by atoms with Gasteiger partial charge in [0.1, 0.15) is 0 Å². The predicted molar refractivity (Wildman–Crippen MR) is 85.0 cm³/mol. The number of amides is 1. The van der Waals surface area contributed by atoms with Crippen LogP contribution >= 0.6 is 0 Å². The maximum atomic E-state index is 12.6. The van der Waals surface area contributed by atoms with Crippen LogP contribution in [0.15, 0.2) is 0 Å². The Bertz CT molecular complexity index is 500. The van der Waals surface area contributed by atoms with Crippen LogP contribution in [-0.4, -0.2) is 67.7 Å². The second-order valence-corrected chi connectivity index (χ2v) is 8.63. The van der Waals surface area contributed by atoms with Gasteiger partial charge in [-0.1, -0.05) is 19.3 Å². The summed E-state index contributed by atoms with van der Waals surface area (Å²) in [4.78, 5) is 13.9. The summed E-state index contributed by atoms with van der Waals surface area (Å²) in [7, 11) is -1.82. The van der Waals surface area contributed by atoms with Crippen LogP contribution in [0.4, 0.5) is 0 Å². The van der Waals surface area contributed by atoms with E-state index in [4.69, 9.17) is 4.74 Å². The molecule has 1 amide bonds. The van der Waals surface area contributed by atoms with Crippen molar-refractivity contribution in [3.63, 3.8) is 0 Å². The number of hydrogen-bond acceptors (Lipinski definition) is 4. The van der Waals surface area contributed by atoms with Crippen LogP contribution in [0, 0.1) is 0 Å². The van der Waals surface area contributed by atoms with Crippen molar-refractivity contribution < 1.29 is 17.9 Å². The molecule has 0 N–H and O–H groups in total. The van der Waals surface area contributed by atoms with Gasteiger partial charge in [0.25, 0.3) is 0 Å². The van der Waals surface area contributed by atoms with Crippen LogP contribution in [0.25, 0.3) is 0 Å². The number of ether oxygens (including phenoxy) is 1. The van der Waals surface area contributed by atoms with E-state index in [2.05, 4.69) is 0 Å². The van der Waals surface area contributed by atoms with Crippen LogP contribution in [-0.2, 0) is 19.6 Å². The monoisotopic (exact) mass is 332 g/mol. The van der Waals surface area contributed by atoms with E-state index in [0.29, 0.717) is 19.6 Å². The van der Waals surface area contributed by atoms with Crippen molar-refractivity contribution >= 4 is 15.9 Å². The highest BCUT2D eigenvalue weighted by Gasteiger charge is 2.46. The molecule has 1 aliphatic heterocycles. The van der Waals surface area contributed by atoms with Gasteiger partial charge in [-0.05, 0) is 19.8 Å². The van der Waals surface area contributed by atoms with E-state index >= 15 is 0 Å². The lowest BCUT2D eigenvalue weighted by molar-refractivity contribution is -0.140. The van der Waals surface area contributed by atoms with E-state index in [1.807, 2.05) is 4.90 Å². The molecule has 2 aliphatic rings. The second-order valence-electron chi connectivity index (χ2n) is 6.61. The van der Waals surface area contributed by atoms with Crippen molar-refractivity contribution in [1.82, 2.24) is 9.21 Å². The smallest absolute Gasteiger partial charge is 0.219 e. The van der Waals surface area contributed by atoms with Gasteiger partial charge in [-0.2, -0.15) is 4.31 Å². The largest absolute Gasteiger partial charge is 0.381 e. The average molecular weight is 332 g/mol. The van der Waals surface area contributed by atoms with Gasteiger partial charge in [-0.3, -0.25) is 4.79 Å². The van der Waals surface area contributed by atoms with Crippen molar-refractivity contribution in [2.75, 3.05) is 32.5 Å². The van der Waals surface area contributed by atoms with Crippen molar-refractivity contribution in [1.29, 1.82) is 0 Å². The molecule has 0 aromatic rings. The molecule has 0 aromatic heterocycles. The van der Waals surface area contributed by atoms with E-state index in [1.165, 1.54) is 13.5 Å². The minimum Gasteiger partial charge on any atom is -0.381 e. The molecule has 1 saturated heterocycles.